The van der Waals surface area contributed by atoms with Crippen molar-refractivity contribution in [3.05, 3.63) is 18.1 Å². The first-order valence-electron chi connectivity index (χ1n) is 7.25. The molecule has 0 bridgehead atoms. The molecule has 1 unspecified atom stereocenters. The van der Waals surface area contributed by atoms with Crippen molar-refractivity contribution in [1.82, 2.24) is 20.2 Å². The maximum absolute atomic E-state index is 12.0. The summed E-state index contributed by atoms with van der Waals surface area (Å²) in [6.45, 7) is 4.56. The van der Waals surface area contributed by atoms with E-state index >= 15 is 0 Å². The lowest BCUT2D eigenvalue weighted by Gasteiger charge is -2.32. The summed E-state index contributed by atoms with van der Waals surface area (Å²) in [6, 6.07) is 0.432. The van der Waals surface area contributed by atoms with E-state index in [1.807, 2.05) is 6.92 Å². The molecule has 0 aliphatic carbocycles. The third kappa shape index (κ3) is 3.90. The smallest absolute Gasteiger partial charge is 0.271 e. The lowest BCUT2D eigenvalue weighted by molar-refractivity contribution is 0.0923. The standard InChI is InChI=1S/C14H23N5O/c1-3-15-13-10-16-12(9-17-13)14(20)18-8-11-6-4-5-7-19(11)2/h9-11H,3-8H2,1-2H3,(H,15,17)(H,18,20). The highest BCUT2D eigenvalue weighted by Gasteiger charge is 2.19. The Morgan fingerprint density at radius 1 is 1.40 bits per heavy atom. The van der Waals surface area contributed by atoms with Crippen LogP contribution in [-0.4, -0.2) is 53.5 Å². The molecule has 1 aliphatic rings. The number of hydrogen-bond acceptors (Lipinski definition) is 5. The Balaban J connectivity index is 1.84. The maximum Gasteiger partial charge on any atom is 0.271 e. The van der Waals surface area contributed by atoms with Gasteiger partial charge >= 0.3 is 0 Å². The molecule has 1 saturated heterocycles. The number of carbonyl (C=O) groups excluding carboxylic acids is 1. The molecule has 1 aromatic rings. The molecule has 1 fully saturated rings. The molecule has 2 N–H and O–H groups in total. The zero-order valence-corrected chi connectivity index (χ0v) is 12.2. The lowest BCUT2D eigenvalue weighted by Crippen LogP contribution is -2.44. The van der Waals surface area contributed by atoms with Gasteiger partial charge < -0.3 is 15.5 Å². The fourth-order valence-corrected chi connectivity index (χ4v) is 2.42. The van der Waals surface area contributed by atoms with Crippen LogP contribution in [0, 0.1) is 0 Å². The number of piperidine rings is 1. The van der Waals surface area contributed by atoms with Gasteiger partial charge in [0, 0.05) is 19.1 Å². The number of hydrogen-bond donors (Lipinski definition) is 2. The third-order valence-corrected chi connectivity index (χ3v) is 3.66. The minimum Gasteiger partial charge on any atom is -0.369 e. The average Bonchev–Trinajstić information content (AvgIpc) is 2.47. The van der Waals surface area contributed by atoms with E-state index in [1.165, 1.54) is 19.0 Å². The molecule has 0 spiro atoms. The number of nitrogens with zero attached hydrogens (tertiary/aromatic N) is 3. The first-order valence-corrected chi connectivity index (χ1v) is 7.25. The highest BCUT2D eigenvalue weighted by molar-refractivity contribution is 5.92. The molecule has 110 valence electrons. The predicted octanol–water partition coefficient (Wildman–Crippen LogP) is 1.12. The van der Waals surface area contributed by atoms with Crippen molar-refractivity contribution < 1.29 is 4.79 Å². The molecule has 6 heteroatoms. The summed E-state index contributed by atoms with van der Waals surface area (Å²) in [5.74, 6) is 0.538. The van der Waals surface area contributed by atoms with Gasteiger partial charge in [-0.3, -0.25) is 4.79 Å². The number of likely N-dealkylation sites (tertiary alicyclic amines) is 1. The number of likely N-dealkylation sites (N-methyl/N-ethyl adjacent to an activating group) is 1. The number of aromatic nitrogens is 2. The summed E-state index contributed by atoms with van der Waals surface area (Å²) < 4.78 is 0. The Morgan fingerprint density at radius 3 is 2.90 bits per heavy atom. The van der Waals surface area contributed by atoms with Crippen molar-refractivity contribution in [3.63, 3.8) is 0 Å². The topological polar surface area (TPSA) is 70.2 Å². The van der Waals surface area contributed by atoms with Crippen LogP contribution in [-0.2, 0) is 0 Å². The van der Waals surface area contributed by atoms with E-state index in [-0.39, 0.29) is 5.91 Å². The molecule has 2 heterocycles. The Labute approximate surface area is 120 Å². The van der Waals surface area contributed by atoms with Crippen LogP contribution in [0.2, 0.25) is 0 Å². The number of nitrogens with one attached hydrogen (secondary N) is 2. The Hall–Kier alpha value is -1.69. The van der Waals surface area contributed by atoms with E-state index < -0.39 is 0 Å². The summed E-state index contributed by atoms with van der Waals surface area (Å²) in [4.78, 5) is 22.6. The largest absolute Gasteiger partial charge is 0.369 e. The predicted molar refractivity (Wildman–Crippen MR) is 78.8 cm³/mol. The van der Waals surface area contributed by atoms with Crippen LogP contribution in [0.4, 0.5) is 5.82 Å². The normalized spacial score (nSPS) is 19.6. The second-order valence-electron chi connectivity index (χ2n) is 5.16. The SMILES string of the molecule is CCNc1cnc(C(=O)NCC2CCCCN2C)cn1. The minimum absolute atomic E-state index is 0.153. The van der Waals surface area contributed by atoms with Gasteiger partial charge in [-0.25, -0.2) is 9.97 Å². The van der Waals surface area contributed by atoms with E-state index in [2.05, 4.69) is 32.5 Å². The van der Waals surface area contributed by atoms with Crippen LogP contribution in [0.3, 0.4) is 0 Å². The summed E-state index contributed by atoms with van der Waals surface area (Å²) in [5, 5.41) is 6.00. The van der Waals surface area contributed by atoms with Crippen molar-refractivity contribution in [3.8, 4) is 0 Å². The average molecular weight is 277 g/mol. The van der Waals surface area contributed by atoms with Crippen molar-refractivity contribution >= 4 is 11.7 Å². The van der Waals surface area contributed by atoms with Gasteiger partial charge in [0.2, 0.25) is 0 Å². The second-order valence-corrected chi connectivity index (χ2v) is 5.16. The highest BCUT2D eigenvalue weighted by Crippen LogP contribution is 2.14. The lowest BCUT2D eigenvalue weighted by atomic mass is 10.0. The van der Waals surface area contributed by atoms with Gasteiger partial charge in [-0.1, -0.05) is 6.42 Å². The summed E-state index contributed by atoms with van der Waals surface area (Å²) in [6.07, 6.45) is 6.73. The van der Waals surface area contributed by atoms with E-state index in [9.17, 15) is 4.79 Å². The van der Waals surface area contributed by atoms with Gasteiger partial charge in [0.05, 0.1) is 12.4 Å². The zero-order valence-electron chi connectivity index (χ0n) is 12.2. The second kappa shape index (κ2) is 7.19. The molecule has 0 radical (unpaired) electrons. The molecule has 1 aliphatic heterocycles. The number of rotatable bonds is 5. The fourth-order valence-electron chi connectivity index (χ4n) is 2.42. The molecule has 1 amide bonds. The Kier molecular flexibility index (Phi) is 5.29. The Morgan fingerprint density at radius 2 is 2.25 bits per heavy atom. The maximum atomic E-state index is 12.0. The van der Waals surface area contributed by atoms with Crippen LogP contribution < -0.4 is 10.6 Å². The zero-order chi connectivity index (χ0) is 14.4. The van der Waals surface area contributed by atoms with Crippen molar-refractivity contribution in [2.45, 2.75) is 32.2 Å². The molecule has 1 atom stereocenters. The van der Waals surface area contributed by atoms with E-state index in [4.69, 9.17) is 0 Å². The van der Waals surface area contributed by atoms with Crippen molar-refractivity contribution in [2.24, 2.45) is 0 Å². The van der Waals surface area contributed by atoms with Crippen molar-refractivity contribution in [1.29, 1.82) is 0 Å². The van der Waals surface area contributed by atoms with Crippen LogP contribution in [0.25, 0.3) is 0 Å². The Bertz CT molecular complexity index is 434. The molecule has 0 saturated carbocycles. The molecular weight excluding hydrogens is 254 g/mol. The third-order valence-electron chi connectivity index (χ3n) is 3.66. The minimum atomic E-state index is -0.153. The van der Waals surface area contributed by atoms with Crippen LogP contribution in [0.1, 0.15) is 36.7 Å². The quantitative estimate of drug-likeness (QED) is 0.844. The summed E-state index contributed by atoms with van der Waals surface area (Å²) in [5.41, 5.74) is 0.366. The first-order chi connectivity index (χ1) is 9.70. The monoisotopic (exact) mass is 277 g/mol. The van der Waals surface area contributed by atoms with Gasteiger partial charge in [0.1, 0.15) is 11.5 Å². The van der Waals surface area contributed by atoms with E-state index in [1.54, 1.807) is 6.20 Å². The first kappa shape index (κ1) is 14.7. The number of amides is 1. The summed E-state index contributed by atoms with van der Waals surface area (Å²) >= 11 is 0. The molecule has 6 nitrogen and oxygen atoms in total. The molecule has 2 rings (SSSR count). The van der Waals surface area contributed by atoms with Crippen LogP contribution in [0.5, 0.6) is 0 Å². The molecule has 1 aromatic heterocycles. The number of anilines is 1. The van der Waals surface area contributed by atoms with Crippen LogP contribution in [0.15, 0.2) is 12.4 Å². The molecule has 0 aromatic carbocycles. The van der Waals surface area contributed by atoms with Gasteiger partial charge in [0.15, 0.2) is 0 Å². The van der Waals surface area contributed by atoms with E-state index in [0.29, 0.717) is 24.1 Å². The summed E-state index contributed by atoms with van der Waals surface area (Å²) in [7, 11) is 2.11. The molecular formula is C14H23N5O. The van der Waals surface area contributed by atoms with Gasteiger partial charge in [-0.05, 0) is 33.4 Å². The van der Waals surface area contributed by atoms with Gasteiger partial charge in [-0.2, -0.15) is 0 Å². The number of carbonyl (C=O) groups is 1. The van der Waals surface area contributed by atoms with Gasteiger partial charge in [-0.15, -0.1) is 0 Å². The van der Waals surface area contributed by atoms with E-state index in [0.717, 1.165) is 19.5 Å². The van der Waals surface area contributed by atoms with Crippen molar-refractivity contribution in [2.75, 3.05) is 32.0 Å². The highest BCUT2D eigenvalue weighted by atomic mass is 16.1. The fraction of sp³-hybridized carbons (Fsp3) is 0.643. The van der Waals surface area contributed by atoms with Crippen LogP contribution >= 0.6 is 0 Å². The van der Waals surface area contributed by atoms with Gasteiger partial charge in [0.25, 0.3) is 5.91 Å². The molecule has 20 heavy (non-hydrogen) atoms.